The van der Waals surface area contributed by atoms with E-state index in [0.717, 1.165) is 70.6 Å². The molecule has 1 heterocycles. The van der Waals surface area contributed by atoms with Gasteiger partial charge in [-0.15, -0.1) is 0 Å². The van der Waals surface area contributed by atoms with Gasteiger partial charge >= 0.3 is 11.9 Å². The Hall–Kier alpha value is -2.13. The van der Waals surface area contributed by atoms with Crippen molar-refractivity contribution in [3.8, 4) is 0 Å². The van der Waals surface area contributed by atoms with Gasteiger partial charge in [-0.2, -0.15) is 8.42 Å². The number of hydrogen-bond acceptors (Lipinski definition) is 11. The number of hydrogen-bond donors (Lipinski definition) is 4. The zero-order valence-corrected chi connectivity index (χ0v) is 39.5. The summed E-state index contributed by atoms with van der Waals surface area (Å²) in [6.07, 6.45) is 36.2. The third-order valence-corrected chi connectivity index (χ3v) is 12.0. The Kier molecular flexibility index (Phi) is 36.6. The summed E-state index contributed by atoms with van der Waals surface area (Å²) in [5, 5.41) is 30.9. The number of aliphatic hydroxyl groups excluding tert-OH is 3. The number of aliphatic hydroxyl groups is 3. The number of rotatable bonds is 41. The highest BCUT2D eigenvalue weighted by molar-refractivity contribution is 7.85. The van der Waals surface area contributed by atoms with E-state index in [1.54, 1.807) is 0 Å². The van der Waals surface area contributed by atoms with Crippen molar-refractivity contribution in [2.75, 3.05) is 19.0 Å². The summed E-state index contributed by atoms with van der Waals surface area (Å²) in [7, 11) is -4.60. The zero-order valence-electron chi connectivity index (χ0n) is 38.7. The van der Waals surface area contributed by atoms with Crippen molar-refractivity contribution in [2.45, 2.75) is 243 Å². The number of carbonyl (C=O) groups is 2. The first-order valence-corrected chi connectivity index (χ1v) is 26.2. The molecule has 0 amide bonds. The topological polar surface area (TPSA) is 186 Å². The first-order valence-electron chi connectivity index (χ1n) is 24.5. The molecule has 1 rings (SSSR count). The van der Waals surface area contributed by atoms with Gasteiger partial charge < -0.3 is 34.3 Å². The second-order valence-corrected chi connectivity index (χ2v) is 18.6. The summed E-state index contributed by atoms with van der Waals surface area (Å²) in [6, 6.07) is 0. The minimum Gasteiger partial charge on any atom is -0.462 e. The minimum atomic E-state index is -4.60. The SMILES string of the molecule is CC/C=C/C/C=C/C/C=C/CCCCCCCC(=O)O[C@H](COC(=O)CCCCCCCCCCCCCCCCCCCCC)CO[C@H]1O[C@H](CS(=O)(=O)O)[C@@H](O)C(O)C1O. The van der Waals surface area contributed by atoms with E-state index in [0.29, 0.717) is 12.8 Å². The Morgan fingerprint density at radius 1 is 0.565 bits per heavy atom. The lowest BCUT2D eigenvalue weighted by Gasteiger charge is -2.40. The van der Waals surface area contributed by atoms with Crippen LogP contribution in [-0.2, 0) is 38.7 Å². The van der Waals surface area contributed by atoms with Crippen LogP contribution in [0.4, 0.5) is 0 Å². The lowest BCUT2D eigenvalue weighted by molar-refractivity contribution is -0.297. The van der Waals surface area contributed by atoms with Crippen LogP contribution in [0.3, 0.4) is 0 Å². The third kappa shape index (κ3) is 33.4. The molecule has 0 aromatic rings. The second-order valence-electron chi connectivity index (χ2n) is 17.1. The Morgan fingerprint density at radius 3 is 1.52 bits per heavy atom. The lowest BCUT2D eigenvalue weighted by atomic mass is 10.00. The van der Waals surface area contributed by atoms with Gasteiger partial charge in [0.25, 0.3) is 10.1 Å². The first-order chi connectivity index (χ1) is 30.0. The summed E-state index contributed by atoms with van der Waals surface area (Å²) < 4.78 is 54.1. The van der Waals surface area contributed by atoms with Crippen LogP contribution in [0.1, 0.15) is 206 Å². The lowest BCUT2D eigenvalue weighted by Crippen LogP contribution is -2.60. The molecule has 0 radical (unpaired) electrons. The van der Waals surface area contributed by atoms with Gasteiger partial charge in [-0.05, 0) is 44.9 Å². The molecule has 2 unspecified atom stereocenters. The van der Waals surface area contributed by atoms with E-state index >= 15 is 0 Å². The van der Waals surface area contributed by atoms with Crippen LogP contribution in [0.2, 0.25) is 0 Å². The average molecular weight is 901 g/mol. The van der Waals surface area contributed by atoms with E-state index in [4.69, 9.17) is 18.9 Å². The fraction of sp³-hybridized carbons (Fsp3) is 0.837. The molecule has 1 aliphatic heterocycles. The van der Waals surface area contributed by atoms with Gasteiger partial charge in [0.05, 0.1) is 6.61 Å². The molecule has 0 aliphatic carbocycles. The standard InChI is InChI=1S/C49H88O12S/c1-3-5-7-9-11-13-15-17-19-20-21-22-24-25-27-29-31-33-35-37-44(50)58-39-42(40-59-49-48(54)47(53)46(52)43(61-49)41-62(55,56)57)60-45(51)38-36-34-32-30-28-26-23-18-16-14-12-10-8-6-4-2/h6,8,12,14,18,23,42-43,46-49,52-54H,3-5,7,9-11,13,15-17,19-22,24-41H2,1-2H3,(H,55,56,57)/b8-6+,14-12+,23-18+/t42-,43-,46-,47?,48?,49+/m1/s1. The van der Waals surface area contributed by atoms with Crippen molar-refractivity contribution in [3.63, 3.8) is 0 Å². The smallest absolute Gasteiger partial charge is 0.306 e. The summed E-state index contributed by atoms with van der Waals surface area (Å²) in [4.78, 5) is 25.5. The highest BCUT2D eigenvalue weighted by atomic mass is 32.2. The van der Waals surface area contributed by atoms with Crippen LogP contribution in [0.25, 0.3) is 0 Å². The van der Waals surface area contributed by atoms with Gasteiger partial charge in [-0.3, -0.25) is 14.1 Å². The summed E-state index contributed by atoms with van der Waals surface area (Å²) >= 11 is 0. The minimum absolute atomic E-state index is 0.146. The number of allylic oxidation sites excluding steroid dienone is 6. The van der Waals surface area contributed by atoms with Gasteiger partial charge in [0.1, 0.15) is 36.8 Å². The Balaban J connectivity index is 2.39. The molecule has 0 aromatic heterocycles. The van der Waals surface area contributed by atoms with Crippen molar-refractivity contribution in [1.82, 2.24) is 0 Å². The normalized spacial score (nSPS) is 20.1. The molecule has 6 atom stereocenters. The van der Waals surface area contributed by atoms with Crippen LogP contribution in [0.15, 0.2) is 36.5 Å². The number of esters is 2. The zero-order chi connectivity index (χ0) is 45.5. The predicted octanol–water partition coefficient (Wildman–Crippen LogP) is 10.6. The van der Waals surface area contributed by atoms with Crippen molar-refractivity contribution in [2.24, 2.45) is 0 Å². The number of carbonyl (C=O) groups excluding carboxylic acids is 2. The van der Waals surface area contributed by atoms with Crippen LogP contribution >= 0.6 is 0 Å². The molecule has 1 saturated heterocycles. The average Bonchev–Trinajstić information content (AvgIpc) is 3.24. The quantitative estimate of drug-likeness (QED) is 0.0197. The van der Waals surface area contributed by atoms with E-state index < -0.39 is 71.2 Å². The molecular formula is C49H88O12S. The molecule has 4 N–H and O–H groups in total. The first kappa shape index (κ1) is 57.9. The molecule has 12 nitrogen and oxygen atoms in total. The molecule has 1 aliphatic rings. The monoisotopic (exact) mass is 901 g/mol. The van der Waals surface area contributed by atoms with Gasteiger partial charge in [-0.1, -0.05) is 185 Å². The maximum absolute atomic E-state index is 12.8. The Morgan fingerprint density at radius 2 is 1.02 bits per heavy atom. The second kappa shape index (κ2) is 39.3. The van der Waals surface area contributed by atoms with Crippen molar-refractivity contribution >= 4 is 22.1 Å². The fourth-order valence-corrected chi connectivity index (χ4v) is 8.15. The van der Waals surface area contributed by atoms with Gasteiger partial charge in [0.2, 0.25) is 0 Å². The highest BCUT2D eigenvalue weighted by Crippen LogP contribution is 2.24. The van der Waals surface area contributed by atoms with E-state index in [1.165, 1.54) is 96.3 Å². The largest absolute Gasteiger partial charge is 0.462 e. The van der Waals surface area contributed by atoms with E-state index in [-0.39, 0.29) is 19.4 Å². The molecule has 62 heavy (non-hydrogen) atoms. The van der Waals surface area contributed by atoms with Crippen LogP contribution < -0.4 is 0 Å². The number of ether oxygens (including phenoxy) is 4. The summed E-state index contributed by atoms with van der Waals surface area (Å²) in [6.45, 7) is 3.66. The molecule has 362 valence electrons. The van der Waals surface area contributed by atoms with E-state index in [9.17, 15) is 37.9 Å². The molecular weight excluding hydrogens is 813 g/mol. The van der Waals surface area contributed by atoms with Gasteiger partial charge in [-0.25, -0.2) is 0 Å². The van der Waals surface area contributed by atoms with Gasteiger partial charge in [0, 0.05) is 12.8 Å². The van der Waals surface area contributed by atoms with Crippen LogP contribution in [-0.4, -0.2) is 96.0 Å². The van der Waals surface area contributed by atoms with Crippen molar-refractivity contribution < 1.29 is 56.8 Å². The van der Waals surface area contributed by atoms with Crippen LogP contribution in [0.5, 0.6) is 0 Å². The molecule has 1 fully saturated rings. The number of unbranched alkanes of at least 4 members (excludes halogenated alkanes) is 23. The Labute approximate surface area is 376 Å². The molecule has 13 heteroatoms. The van der Waals surface area contributed by atoms with Crippen molar-refractivity contribution in [1.29, 1.82) is 0 Å². The van der Waals surface area contributed by atoms with Crippen LogP contribution in [0, 0.1) is 0 Å². The molecule has 0 spiro atoms. The highest BCUT2D eigenvalue weighted by Gasteiger charge is 2.46. The molecule has 0 saturated carbocycles. The van der Waals surface area contributed by atoms with Crippen molar-refractivity contribution in [3.05, 3.63) is 36.5 Å². The predicted molar refractivity (Wildman–Crippen MR) is 247 cm³/mol. The maximum atomic E-state index is 12.8. The summed E-state index contributed by atoms with van der Waals surface area (Å²) in [5.74, 6) is -2.00. The molecule has 0 bridgehead atoms. The third-order valence-electron chi connectivity index (χ3n) is 11.2. The molecule has 0 aromatic carbocycles. The fourth-order valence-electron chi connectivity index (χ4n) is 7.46. The van der Waals surface area contributed by atoms with E-state index in [1.807, 2.05) is 0 Å². The summed E-state index contributed by atoms with van der Waals surface area (Å²) in [5.41, 5.74) is 0. The maximum Gasteiger partial charge on any atom is 0.306 e. The van der Waals surface area contributed by atoms with Gasteiger partial charge in [0.15, 0.2) is 12.4 Å². The van der Waals surface area contributed by atoms with E-state index in [2.05, 4.69) is 50.3 Å². The Bertz CT molecular complexity index is 1290.